The van der Waals surface area contributed by atoms with Gasteiger partial charge in [-0.05, 0) is 42.7 Å². The van der Waals surface area contributed by atoms with Gasteiger partial charge in [-0.1, -0.05) is 49.6 Å². The van der Waals surface area contributed by atoms with Crippen LogP contribution >= 0.6 is 0 Å². The summed E-state index contributed by atoms with van der Waals surface area (Å²) in [5.41, 5.74) is 3.38. The van der Waals surface area contributed by atoms with Gasteiger partial charge in [0.25, 0.3) is 5.91 Å². The Morgan fingerprint density at radius 2 is 1.54 bits per heavy atom. The number of hydrogen-bond acceptors (Lipinski definition) is 3. The zero-order chi connectivity index (χ0) is 19.2. The summed E-state index contributed by atoms with van der Waals surface area (Å²) in [5.74, 6) is 0.0786. The summed E-state index contributed by atoms with van der Waals surface area (Å²) in [6.45, 7) is 5.21. The average molecular weight is 378 g/mol. The van der Waals surface area contributed by atoms with Gasteiger partial charge in [0, 0.05) is 50.0 Å². The predicted molar refractivity (Wildman–Crippen MR) is 115 cm³/mol. The standard InChI is InChI=1S/C24H31N3O/c28-24(25-22-7-3-1-4-8-22)21-13-11-20(12-14-21)19-26-15-17-27(18-16-26)23-9-5-2-6-10-23/h2,5-6,9-14,22H,1,3-4,7-8,15-19H2,(H,25,28). The first kappa shape index (κ1) is 19.0. The van der Waals surface area contributed by atoms with E-state index in [4.69, 9.17) is 0 Å². The fourth-order valence-electron chi connectivity index (χ4n) is 4.34. The van der Waals surface area contributed by atoms with E-state index >= 15 is 0 Å². The number of benzene rings is 2. The van der Waals surface area contributed by atoms with Gasteiger partial charge >= 0.3 is 0 Å². The highest BCUT2D eigenvalue weighted by atomic mass is 16.1. The topological polar surface area (TPSA) is 35.6 Å². The third kappa shape index (κ3) is 4.93. The molecule has 1 aliphatic heterocycles. The molecule has 28 heavy (non-hydrogen) atoms. The number of nitrogens with one attached hydrogen (secondary N) is 1. The first-order chi connectivity index (χ1) is 13.8. The third-order valence-corrected chi connectivity index (χ3v) is 6.06. The summed E-state index contributed by atoms with van der Waals surface area (Å²) in [7, 11) is 0. The SMILES string of the molecule is O=C(NC1CCCCC1)c1ccc(CN2CCN(c3ccccc3)CC2)cc1. The maximum atomic E-state index is 12.5. The van der Waals surface area contributed by atoms with E-state index in [1.165, 1.54) is 30.5 Å². The number of anilines is 1. The Balaban J connectivity index is 1.26. The van der Waals surface area contributed by atoms with Crippen molar-refractivity contribution < 1.29 is 4.79 Å². The molecule has 1 saturated heterocycles. The Kier molecular flexibility index (Phi) is 6.27. The molecule has 4 nitrogen and oxygen atoms in total. The molecule has 4 heteroatoms. The van der Waals surface area contributed by atoms with Gasteiger partial charge in [0.2, 0.25) is 0 Å². The minimum atomic E-state index is 0.0786. The number of nitrogens with zero attached hydrogens (tertiary/aromatic N) is 2. The molecule has 1 saturated carbocycles. The lowest BCUT2D eigenvalue weighted by Crippen LogP contribution is -2.45. The molecule has 0 bridgehead atoms. The molecular formula is C24H31N3O. The van der Waals surface area contributed by atoms with Crippen molar-refractivity contribution in [2.75, 3.05) is 31.1 Å². The van der Waals surface area contributed by atoms with Crippen molar-refractivity contribution in [1.29, 1.82) is 0 Å². The normalized spacial score (nSPS) is 18.8. The van der Waals surface area contributed by atoms with Crippen molar-refractivity contribution >= 4 is 11.6 Å². The Hall–Kier alpha value is -2.33. The lowest BCUT2D eigenvalue weighted by Gasteiger charge is -2.36. The van der Waals surface area contributed by atoms with E-state index in [-0.39, 0.29) is 5.91 Å². The van der Waals surface area contributed by atoms with E-state index in [1.807, 2.05) is 12.1 Å². The second-order valence-electron chi connectivity index (χ2n) is 8.10. The van der Waals surface area contributed by atoms with Crippen molar-refractivity contribution in [1.82, 2.24) is 10.2 Å². The molecule has 2 fully saturated rings. The number of piperazine rings is 1. The zero-order valence-electron chi connectivity index (χ0n) is 16.6. The smallest absolute Gasteiger partial charge is 0.251 e. The van der Waals surface area contributed by atoms with E-state index in [0.717, 1.165) is 51.1 Å². The monoisotopic (exact) mass is 377 g/mol. The Morgan fingerprint density at radius 3 is 2.21 bits per heavy atom. The van der Waals surface area contributed by atoms with Crippen LogP contribution in [0.3, 0.4) is 0 Å². The largest absolute Gasteiger partial charge is 0.369 e. The molecule has 0 unspecified atom stereocenters. The maximum absolute atomic E-state index is 12.5. The molecule has 0 aromatic heterocycles. The summed E-state index contributed by atoms with van der Waals surface area (Å²) in [6, 6.07) is 19.2. The molecule has 1 heterocycles. The Labute approximate surface area is 168 Å². The van der Waals surface area contributed by atoms with E-state index in [9.17, 15) is 4.79 Å². The highest BCUT2D eigenvalue weighted by molar-refractivity contribution is 5.94. The van der Waals surface area contributed by atoms with Gasteiger partial charge in [-0.2, -0.15) is 0 Å². The van der Waals surface area contributed by atoms with Crippen LogP contribution in [0.5, 0.6) is 0 Å². The number of carbonyl (C=O) groups excluding carboxylic acids is 1. The average Bonchev–Trinajstić information content (AvgIpc) is 2.76. The first-order valence-corrected chi connectivity index (χ1v) is 10.7. The van der Waals surface area contributed by atoms with Crippen LogP contribution in [0.25, 0.3) is 0 Å². The van der Waals surface area contributed by atoms with Crippen molar-refractivity contribution in [2.24, 2.45) is 0 Å². The summed E-state index contributed by atoms with van der Waals surface area (Å²) in [5, 5.41) is 3.20. The van der Waals surface area contributed by atoms with Crippen molar-refractivity contribution in [3.05, 3.63) is 65.7 Å². The molecule has 0 spiro atoms. The van der Waals surface area contributed by atoms with Crippen LogP contribution in [-0.4, -0.2) is 43.0 Å². The van der Waals surface area contributed by atoms with E-state index in [1.54, 1.807) is 0 Å². The van der Waals surface area contributed by atoms with E-state index < -0.39 is 0 Å². The molecule has 2 aromatic carbocycles. The van der Waals surface area contributed by atoms with Crippen LogP contribution in [0.2, 0.25) is 0 Å². The first-order valence-electron chi connectivity index (χ1n) is 10.7. The molecule has 1 N–H and O–H groups in total. The van der Waals surface area contributed by atoms with Crippen LogP contribution in [0, 0.1) is 0 Å². The summed E-state index contributed by atoms with van der Waals surface area (Å²) >= 11 is 0. The fraction of sp³-hybridized carbons (Fsp3) is 0.458. The highest BCUT2D eigenvalue weighted by Crippen LogP contribution is 2.19. The molecule has 0 radical (unpaired) electrons. The van der Waals surface area contributed by atoms with Gasteiger partial charge in [-0.3, -0.25) is 9.69 Å². The lowest BCUT2D eigenvalue weighted by atomic mass is 9.95. The van der Waals surface area contributed by atoms with E-state index in [0.29, 0.717) is 6.04 Å². The molecular weight excluding hydrogens is 346 g/mol. The van der Waals surface area contributed by atoms with Crippen molar-refractivity contribution in [3.63, 3.8) is 0 Å². The molecule has 0 atom stereocenters. The van der Waals surface area contributed by atoms with Crippen LogP contribution in [0.15, 0.2) is 54.6 Å². The Bertz CT molecular complexity index is 745. The van der Waals surface area contributed by atoms with Gasteiger partial charge < -0.3 is 10.2 Å². The van der Waals surface area contributed by atoms with Crippen LogP contribution < -0.4 is 10.2 Å². The predicted octanol–water partition coefficient (Wildman–Crippen LogP) is 4.07. The maximum Gasteiger partial charge on any atom is 0.251 e. The number of amides is 1. The summed E-state index contributed by atoms with van der Waals surface area (Å²) < 4.78 is 0. The van der Waals surface area contributed by atoms with Crippen LogP contribution in [-0.2, 0) is 6.54 Å². The van der Waals surface area contributed by atoms with Crippen LogP contribution in [0.1, 0.15) is 48.0 Å². The highest BCUT2D eigenvalue weighted by Gasteiger charge is 2.18. The molecule has 2 aromatic rings. The van der Waals surface area contributed by atoms with Gasteiger partial charge in [0.15, 0.2) is 0 Å². The quantitative estimate of drug-likeness (QED) is 0.853. The third-order valence-electron chi connectivity index (χ3n) is 6.06. The number of carbonyl (C=O) groups is 1. The van der Waals surface area contributed by atoms with Gasteiger partial charge in [-0.15, -0.1) is 0 Å². The Morgan fingerprint density at radius 1 is 0.857 bits per heavy atom. The molecule has 1 aliphatic carbocycles. The van der Waals surface area contributed by atoms with Gasteiger partial charge in [-0.25, -0.2) is 0 Å². The lowest BCUT2D eigenvalue weighted by molar-refractivity contribution is 0.0927. The fourth-order valence-corrected chi connectivity index (χ4v) is 4.34. The van der Waals surface area contributed by atoms with Crippen molar-refractivity contribution in [2.45, 2.75) is 44.7 Å². The molecule has 4 rings (SSSR count). The van der Waals surface area contributed by atoms with Gasteiger partial charge in [0.1, 0.15) is 0 Å². The molecule has 1 amide bonds. The summed E-state index contributed by atoms with van der Waals surface area (Å²) in [6.07, 6.45) is 6.03. The molecule has 2 aliphatic rings. The van der Waals surface area contributed by atoms with E-state index in [2.05, 4.69) is 57.6 Å². The number of rotatable bonds is 5. The second kappa shape index (κ2) is 9.24. The van der Waals surface area contributed by atoms with Gasteiger partial charge in [0.05, 0.1) is 0 Å². The van der Waals surface area contributed by atoms with Crippen LogP contribution in [0.4, 0.5) is 5.69 Å². The number of hydrogen-bond donors (Lipinski definition) is 1. The van der Waals surface area contributed by atoms with Crippen molar-refractivity contribution in [3.8, 4) is 0 Å². The number of para-hydroxylation sites is 1. The second-order valence-corrected chi connectivity index (χ2v) is 8.10. The zero-order valence-corrected chi connectivity index (χ0v) is 16.6. The summed E-state index contributed by atoms with van der Waals surface area (Å²) in [4.78, 5) is 17.4. The minimum absolute atomic E-state index is 0.0786. The minimum Gasteiger partial charge on any atom is -0.369 e. The molecule has 148 valence electrons.